The number of aromatic hydroxyl groups is 2. The van der Waals surface area contributed by atoms with Gasteiger partial charge in [-0.2, -0.15) is 0 Å². The lowest BCUT2D eigenvalue weighted by Gasteiger charge is -2.17. The SMILES string of the molecule is CN(C)C(=O)CCCn1cc(C(=O)N(C)Cc2ccc(Cl)c(Cl)c2)c(O)c1O. The third-order valence-electron chi connectivity index (χ3n) is 4.29. The third-order valence-corrected chi connectivity index (χ3v) is 5.03. The van der Waals surface area contributed by atoms with Crippen molar-refractivity contribution in [1.82, 2.24) is 14.4 Å². The van der Waals surface area contributed by atoms with E-state index in [4.69, 9.17) is 23.2 Å². The van der Waals surface area contributed by atoms with Crippen LogP contribution in [-0.2, 0) is 17.9 Å². The Morgan fingerprint density at radius 2 is 1.79 bits per heavy atom. The second-order valence-corrected chi connectivity index (χ2v) is 7.52. The van der Waals surface area contributed by atoms with Gasteiger partial charge in [-0.15, -0.1) is 0 Å². The van der Waals surface area contributed by atoms with Crippen LogP contribution >= 0.6 is 23.2 Å². The molecule has 0 aliphatic rings. The van der Waals surface area contributed by atoms with E-state index in [2.05, 4.69) is 0 Å². The van der Waals surface area contributed by atoms with Gasteiger partial charge in [0.1, 0.15) is 5.56 Å². The molecule has 2 amide bonds. The van der Waals surface area contributed by atoms with Gasteiger partial charge in [-0.3, -0.25) is 9.59 Å². The number of hydrogen-bond donors (Lipinski definition) is 2. The van der Waals surface area contributed by atoms with Crippen LogP contribution in [-0.4, -0.2) is 57.5 Å². The molecule has 9 heteroatoms. The fraction of sp³-hybridized carbons (Fsp3) is 0.368. The Morgan fingerprint density at radius 3 is 2.39 bits per heavy atom. The summed E-state index contributed by atoms with van der Waals surface area (Å²) in [6.07, 6.45) is 2.15. The zero-order valence-corrected chi connectivity index (χ0v) is 17.5. The van der Waals surface area contributed by atoms with Gasteiger partial charge in [0, 0.05) is 46.9 Å². The van der Waals surface area contributed by atoms with E-state index < -0.39 is 17.5 Å². The molecular weight excluding hydrogens is 405 g/mol. The van der Waals surface area contributed by atoms with Crippen molar-refractivity contribution in [3.05, 3.63) is 45.6 Å². The molecule has 0 saturated carbocycles. The molecule has 2 rings (SSSR count). The molecule has 0 saturated heterocycles. The molecule has 0 aliphatic heterocycles. The molecule has 0 radical (unpaired) electrons. The molecular formula is C19H23Cl2N3O4. The molecule has 0 spiro atoms. The van der Waals surface area contributed by atoms with Crippen LogP contribution in [0.2, 0.25) is 10.0 Å². The maximum atomic E-state index is 12.7. The first-order chi connectivity index (χ1) is 13.1. The van der Waals surface area contributed by atoms with Crippen molar-refractivity contribution in [3.8, 4) is 11.6 Å². The summed E-state index contributed by atoms with van der Waals surface area (Å²) in [7, 11) is 4.91. The first-order valence-corrected chi connectivity index (χ1v) is 9.38. The summed E-state index contributed by atoms with van der Waals surface area (Å²) in [5, 5.41) is 21.1. The molecule has 0 unspecified atom stereocenters. The van der Waals surface area contributed by atoms with Gasteiger partial charge in [0.05, 0.1) is 10.0 Å². The molecule has 1 heterocycles. The van der Waals surface area contributed by atoms with Crippen LogP contribution in [0.1, 0.15) is 28.8 Å². The molecule has 2 aromatic rings. The first-order valence-electron chi connectivity index (χ1n) is 8.62. The van der Waals surface area contributed by atoms with Gasteiger partial charge >= 0.3 is 0 Å². The predicted octanol–water partition coefficient (Wildman–Crippen LogP) is 3.35. The molecule has 2 N–H and O–H groups in total. The second kappa shape index (κ2) is 9.21. The fourth-order valence-electron chi connectivity index (χ4n) is 2.68. The number of hydrogen-bond acceptors (Lipinski definition) is 4. The lowest BCUT2D eigenvalue weighted by Crippen LogP contribution is -2.26. The van der Waals surface area contributed by atoms with Gasteiger partial charge < -0.3 is 24.6 Å². The van der Waals surface area contributed by atoms with Crippen LogP contribution in [0.3, 0.4) is 0 Å². The van der Waals surface area contributed by atoms with Crippen molar-refractivity contribution < 1.29 is 19.8 Å². The summed E-state index contributed by atoms with van der Waals surface area (Å²) in [5.41, 5.74) is 0.759. The number of aromatic nitrogens is 1. The van der Waals surface area contributed by atoms with E-state index in [0.29, 0.717) is 29.4 Å². The number of amides is 2. The van der Waals surface area contributed by atoms with Crippen LogP contribution in [0.4, 0.5) is 0 Å². The van der Waals surface area contributed by atoms with E-state index in [9.17, 15) is 19.8 Å². The first kappa shape index (κ1) is 21.9. The van der Waals surface area contributed by atoms with Crippen molar-refractivity contribution in [2.45, 2.75) is 25.9 Å². The zero-order chi connectivity index (χ0) is 21.0. The summed E-state index contributed by atoms with van der Waals surface area (Å²) >= 11 is 11.9. The summed E-state index contributed by atoms with van der Waals surface area (Å²) in [6, 6.07) is 5.06. The van der Waals surface area contributed by atoms with Crippen molar-refractivity contribution >= 4 is 35.0 Å². The Balaban J connectivity index is 2.08. The average molecular weight is 428 g/mol. The number of carbonyl (C=O) groups excluding carboxylic acids is 2. The summed E-state index contributed by atoms with van der Waals surface area (Å²) in [6.45, 7) is 0.543. The smallest absolute Gasteiger partial charge is 0.259 e. The monoisotopic (exact) mass is 427 g/mol. The quantitative estimate of drug-likeness (QED) is 0.709. The molecule has 152 valence electrons. The number of benzene rings is 1. The summed E-state index contributed by atoms with van der Waals surface area (Å²) in [4.78, 5) is 27.2. The Bertz CT molecular complexity index is 880. The minimum atomic E-state index is -0.482. The number of halogens is 2. The topological polar surface area (TPSA) is 86.0 Å². The maximum Gasteiger partial charge on any atom is 0.259 e. The predicted molar refractivity (Wildman–Crippen MR) is 108 cm³/mol. The van der Waals surface area contributed by atoms with Crippen LogP contribution in [0.5, 0.6) is 11.6 Å². The van der Waals surface area contributed by atoms with E-state index in [1.54, 1.807) is 39.3 Å². The number of nitrogens with zero attached hydrogens (tertiary/aromatic N) is 3. The number of rotatable bonds is 7. The van der Waals surface area contributed by atoms with Crippen LogP contribution in [0.15, 0.2) is 24.4 Å². The second-order valence-electron chi connectivity index (χ2n) is 6.71. The lowest BCUT2D eigenvalue weighted by molar-refractivity contribution is -0.128. The average Bonchev–Trinajstić information content (AvgIpc) is 2.92. The lowest BCUT2D eigenvalue weighted by atomic mass is 10.2. The minimum absolute atomic E-state index is 0.0148. The van der Waals surface area contributed by atoms with E-state index in [1.807, 2.05) is 0 Å². The van der Waals surface area contributed by atoms with Crippen LogP contribution < -0.4 is 0 Å². The van der Waals surface area contributed by atoms with Crippen molar-refractivity contribution in [2.75, 3.05) is 21.1 Å². The normalized spacial score (nSPS) is 10.8. The zero-order valence-electron chi connectivity index (χ0n) is 15.9. The van der Waals surface area contributed by atoms with Crippen molar-refractivity contribution in [1.29, 1.82) is 0 Å². The third kappa shape index (κ3) is 5.11. The van der Waals surface area contributed by atoms with E-state index in [1.165, 1.54) is 20.6 Å². The van der Waals surface area contributed by atoms with E-state index >= 15 is 0 Å². The summed E-state index contributed by atoms with van der Waals surface area (Å²) < 4.78 is 1.36. The van der Waals surface area contributed by atoms with Crippen LogP contribution in [0.25, 0.3) is 0 Å². The van der Waals surface area contributed by atoms with Crippen molar-refractivity contribution in [3.63, 3.8) is 0 Å². The van der Waals surface area contributed by atoms with E-state index in [0.717, 1.165) is 5.56 Å². The molecule has 0 aliphatic carbocycles. The van der Waals surface area contributed by atoms with Gasteiger partial charge in [-0.05, 0) is 24.1 Å². The van der Waals surface area contributed by atoms with Gasteiger partial charge in [0.2, 0.25) is 11.8 Å². The number of carbonyl (C=O) groups is 2. The Hall–Kier alpha value is -2.38. The maximum absolute atomic E-state index is 12.7. The molecule has 1 aromatic carbocycles. The van der Waals surface area contributed by atoms with Gasteiger partial charge in [-0.1, -0.05) is 29.3 Å². The highest BCUT2D eigenvalue weighted by Gasteiger charge is 2.23. The van der Waals surface area contributed by atoms with Crippen LogP contribution in [0, 0.1) is 0 Å². The molecule has 0 atom stereocenters. The van der Waals surface area contributed by atoms with Gasteiger partial charge in [0.15, 0.2) is 5.75 Å². The van der Waals surface area contributed by atoms with Crippen molar-refractivity contribution in [2.24, 2.45) is 0 Å². The number of aryl methyl sites for hydroxylation is 1. The standard InChI is InChI=1S/C19H23Cl2N3O4/c1-22(2)16(25)5-4-8-24-11-13(17(26)19(24)28)18(27)23(3)10-12-6-7-14(20)15(21)9-12/h6-7,9,11,26,28H,4-5,8,10H2,1-3H3. The molecule has 0 bridgehead atoms. The molecule has 7 nitrogen and oxygen atoms in total. The van der Waals surface area contributed by atoms with Gasteiger partial charge in [-0.25, -0.2) is 0 Å². The van der Waals surface area contributed by atoms with E-state index in [-0.39, 0.29) is 18.0 Å². The molecule has 0 fully saturated rings. The highest BCUT2D eigenvalue weighted by Crippen LogP contribution is 2.32. The van der Waals surface area contributed by atoms with Gasteiger partial charge in [0.25, 0.3) is 5.91 Å². The Labute approximate surface area is 173 Å². The largest absolute Gasteiger partial charge is 0.503 e. The highest BCUT2D eigenvalue weighted by atomic mass is 35.5. The highest BCUT2D eigenvalue weighted by molar-refractivity contribution is 6.42. The Kier molecular flexibility index (Phi) is 7.21. The fourth-order valence-corrected chi connectivity index (χ4v) is 3.00. The molecule has 28 heavy (non-hydrogen) atoms. The summed E-state index contributed by atoms with van der Waals surface area (Å²) in [5.74, 6) is -1.37. The molecule has 1 aromatic heterocycles. The Morgan fingerprint density at radius 1 is 1.11 bits per heavy atom. The minimum Gasteiger partial charge on any atom is -0.503 e.